The summed E-state index contributed by atoms with van der Waals surface area (Å²) in [5.74, 6) is 0. The van der Waals surface area contributed by atoms with Gasteiger partial charge in [0.05, 0.1) is 6.20 Å². The van der Waals surface area contributed by atoms with Gasteiger partial charge >= 0.3 is 0 Å². The molecule has 0 aliphatic carbocycles. The van der Waals surface area contributed by atoms with Gasteiger partial charge in [-0.3, -0.25) is 4.68 Å². The molecule has 1 unspecified atom stereocenters. The van der Waals surface area contributed by atoms with Crippen molar-refractivity contribution in [3.8, 4) is 0 Å². The van der Waals surface area contributed by atoms with Crippen molar-refractivity contribution in [3.05, 3.63) is 18.0 Å². The first-order chi connectivity index (χ1) is 9.13. The number of nitrogens with zero attached hydrogens (tertiary/aromatic N) is 3. The maximum absolute atomic E-state index is 4.23. The van der Waals surface area contributed by atoms with Crippen molar-refractivity contribution in [2.24, 2.45) is 12.5 Å². The number of aromatic nitrogens is 2. The fourth-order valence-electron chi connectivity index (χ4n) is 2.34. The molecule has 116 valence electrons. The molecular formula is C16H32N4. The van der Waals surface area contributed by atoms with Crippen molar-refractivity contribution in [1.82, 2.24) is 20.0 Å². The summed E-state index contributed by atoms with van der Waals surface area (Å²) in [6.45, 7) is 14.4. The van der Waals surface area contributed by atoms with Gasteiger partial charge in [-0.2, -0.15) is 5.10 Å². The van der Waals surface area contributed by atoms with E-state index >= 15 is 0 Å². The number of nitrogens with one attached hydrogen (secondary N) is 1. The lowest BCUT2D eigenvalue weighted by molar-refractivity contribution is 0.164. The zero-order chi connectivity index (χ0) is 15.4. The maximum Gasteiger partial charge on any atom is 0.0534 e. The molecule has 0 amide bonds. The third kappa shape index (κ3) is 6.06. The van der Waals surface area contributed by atoms with Gasteiger partial charge in [-0.1, -0.05) is 13.8 Å². The van der Waals surface area contributed by atoms with E-state index in [0.29, 0.717) is 5.41 Å². The second kappa shape index (κ2) is 6.72. The minimum absolute atomic E-state index is 0.179. The van der Waals surface area contributed by atoms with Crippen LogP contribution in [0.4, 0.5) is 0 Å². The Morgan fingerprint density at radius 2 is 1.95 bits per heavy atom. The molecule has 0 radical (unpaired) electrons. The highest BCUT2D eigenvalue weighted by atomic mass is 15.2. The maximum atomic E-state index is 4.23. The Balaban J connectivity index is 2.53. The molecule has 0 aromatic carbocycles. The molecule has 0 spiro atoms. The van der Waals surface area contributed by atoms with E-state index in [9.17, 15) is 0 Å². The zero-order valence-electron chi connectivity index (χ0n) is 14.3. The van der Waals surface area contributed by atoms with Gasteiger partial charge in [0, 0.05) is 44.0 Å². The average molecular weight is 280 g/mol. The number of hydrogen-bond acceptors (Lipinski definition) is 3. The largest absolute Gasteiger partial charge is 0.311 e. The molecule has 0 saturated carbocycles. The molecule has 1 aromatic heterocycles. The van der Waals surface area contributed by atoms with Crippen LogP contribution in [0.15, 0.2) is 12.4 Å². The Morgan fingerprint density at radius 3 is 2.40 bits per heavy atom. The van der Waals surface area contributed by atoms with Crippen LogP contribution < -0.4 is 5.32 Å². The second-order valence-electron chi connectivity index (χ2n) is 7.46. The normalized spacial score (nSPS) is 15.6. The average Bonchev–Trinajstić information content (AvgIpc) is 2.71. The summed E-state index contributed by atoms with van der Waals surface area (Å²) in [5.41, 5.74) is 1.75. The second-order valence-corrected chi connectivity index (χ2v) is 7.46. The molecule has 0 aliphatic rings. The highest BCUT2D eigenvalue weighted by molar-refractivity contribution is 5.03. The monoisotopic (exact) mass is 280 g/mol. The zero-order valence-corrected chi connectivity index (χ0v) is 14.3. The van der Waals surface area contributed by atoms with Crippen molar-refractivity contribution in [1.29, 1.82) is 0 Å². The third-order valence-corrected chi connectivity index (χ3v) is 3.76. The van der Waals surface area contributed by atoms with Crippen LogP contribution in [-0.4, -0.2) is 40.4 Å². The number of hydrogen-bond donors (Lipinski definition) is 1. The van der Waals surface area contributed by atoms with Gasteiger partial charge in [0.2, 0.25) is 0 Å². The lowest BCUT2D eigenvalue weighted by atomic mass is 9.86. The summed E-state index contributed by atoms with van der Waals surface area (Å²) in [6.07, 6.45) is 5.22. The van der Waals surface area contributed by atoms with Gasteiger partial charge in [-0.05, 0) is 39.7 Å². The fraction of sp³-hybridized carbons (Fsp3) is 0.812. The van der Waals surface area contributed by atoms with Crippen LogP contribution in [0.5, 0.6) is 0 Å². The van der Waals surface area contributed by atoms with Crippen LogP contribution in [0, 0.1) is 5.41 Å². The highest BCUT2D eigenvalue weighted by Gasteiger charge is 2.26. The van der Waals surface area contributed by atoms with Gasteiger partial charge in [0.15, 0.2) is 0 Å². The highest BCUT2D eigenvalue weighted by Crippen LogP contribution is 2.23. The molecule has 0 saturated heterocycles. The van der Waals surface area contributed by atoms with Crippen LogP contribution in [0.25, 0.3) is 0 Å². The van der Waals surface area contributed by atoms with Crippen molar-refractivity contribution < 1.29 is 0 Å². The van der Waals surface area contributed by atoms with Crippen molar-refractivity contribution in [2.75, 3.05) is 20.1 Å². The molecule has 0 fully saturated rings. The van der Waals surface area contributed by atoms with E-state index in [4.69, 9.17) is 0 Å². The van der Waals surface area contributed by atoms with E-state index in [0.717, 1.165) is 19.6 Å². The van der Waals surface area contributed by atoms with E-state index in [1.165, 1.54) is 12.0 Å². The molecule has 4 nitrogen and oxygen atoms in total. The molecule has 1 heterocycles. The smallest absolute Gasteiger partial charge is 0.0534 e. The summed E-state index contributed by atoms with van der Waals surface area (Å²) in [6, 6.07) is 0. The number of aryl methyl sites for hydroxylation is 1. The third-order valence-electron chi connectivity index (χ3n) is 3.76. The number of rotatable bonds is 7. The molecular weight excluding hydrogens is 248 g/mol. The van der Waals surface area contributed by atoms with Crippen LogP contribution in [0.3, 0.4) is 0 Å². The standard InChI is InChI=1S/C16H32N4/c1-8-16(5,12-17-15(2,3)4)13-19(6)10-14-9-18-20(7)11-14/h9,11,17H,8,10,12-13H2,1-7H3. The molecule has 0 aliphatic heterocycles. The summed E-state index contributed by atoms with van der Waals surface area (Å²) < 4.78 is 1.86. The quantitative estimate of drug-likeness (QED) is 0.833. The summed E-state index contributed by atoms with van der Waals surface area (Å²) in [7, 11) is 4.16. The molecule has 0 bridgehead atoms. The van der Waals surface area contributed by atoms with Crippen LogP contribution in [0.1, 0.15) is 46.6 Å². The molecule has 1 aromatic rings. The fourth-order valence-corrected chi connectivity index (χ4v) is 2.34. The van der Waals surface area contributed by atoms with Crippen LogP contribution >= 0.6 is 0 Å². The van der Waals surface area contributed by atoms with Gasteiger partial charge in [0.1, 0.15) is 0 Å². The first kappa shape index (κ1) is 17.2. The van der Waals surface area contributed by atoms with Crippen LogP contribution in [0.2, 0.25) is 0 Å². The lowest BCUT2D eigenvalue weighted by Gasteiger charge is -2.36. The SMILES string of the molecule is CCC(C)(CNC(C)(C)C)CN(C)Cc1cnn(C)c1. The van der Waals surface area contributed by atoms with Crippen LogP contribution in [-0.2, 0) is 13.6 Å². The van der Waals surface area contributed by atoms with Crippen molar-refractivity contribution in [2.45, 2.75) is 53.1 Å². The predicted molar refractivity (Wildman–Crippen MR) is 85.7 cm³/mol. The molecule has 4 heteroatoms. The van der Waals surface area contributed by atoms with Crippen molar-refractivity contribution >= 4 is 0 Å². The molecule has 1 N–H and O–H groups in total. The van der Waals surface area contributed by atoms with E-state index in [1.807, 2.05) is 17.9 Å². The minimum atomic E-state index is 0.179. The first-order valence-electron chi connectivity index (χ1n) is 7.55. The lowest BCUT2D eigenvalue weighted by Crippen LogP contribution is -2.46. The van der Waals surface area contributed by atoms with Gasteiger partial charge < -0.3 is 10.2 Å². The predicted octanol–water partition coefficient (Wildman–Crippen LogP) is 2.66. The van der Waals surface area contributed by atoms with Crippen molar-refractivity contribution in [3.63, 3.8) is 0 Å². The van der Waals surface area contributed by atoms with Gasteiger partial charge in [-0.15, -0.1) is 0 Å². The topological polar surface area (TPSA) is 33.1 Å². The minimum Gasteiger partial charge on any atom is -0.311 e. The summed E-state index contributed by atoms with van der Waals surface area (Å²) in [4.78, 5) is 2.39. The van der Waals surface area contributed by atoms with E-state index < -0.39 is 0 Å². The molecule has 1 rings (SSSR count). The summed E-state index contributed by atoms with van der Waals surface area (Å²) >= 11 is 0. The molecule has 20 heavy (non-hydrogen) atoms. The van der Waals surface area contributed by atoms with Gasteiger partial charge in [0.25, 0.3) is 0 Å². The van der Waals surface area contributed by atoms with E-state index in [2.05, 4.69) is 63.2 Å². The Kier molecular flexibility index (Phi) is 5.78. The van der Waals surface area contributed by atoms with E-state index in [-0.39, 0.29) is 5.54 Å². The Morgan fingerprint density at radius 1 is 1.30 bits per heavy atom. The Bertz CT molecular complexity index is 405. The van der Waals surface area contributed by atoms with Gasteiger partial charge in [-0.25, -0.2) is 0 Å². The Labute approximate surface area is 124 Å². The van der Waals surface area contributed by atoms with E-state index in [1.54, 1.807) is 0 Å². The first-order valence-corrected chi connectivity index (χ1v) is 7.55. The summed E-state index contributed by atoms with van der Waals surface area (Å²) in [5, 5.41) is 7.88. The molecule has 1 atom stereocenters. The Hall–Kier alpha value is -0.870.